The number of hydrogen-bond acceptors (Lipinski definition) is 7. The Labute approximate surface area is 169 Å². The van der Waals surface area contributed by atoms with E-state index in [1.165, 1.54) is 0 Å². The van der Waals surface area contributed by atoms with Crippen molar-refractivity contribution in [2.24, 2.45) is 11.6 Å². The fraction of sp³-hybridized carbons (Fsp3) is 0.136. The maximum Gasteiger partial charge on any atom is 0.151 e. The van der Waals surface area contributed by atoms with E-state index < -0.39 is 0 Å². The van der Waals surface area contributed by atoms with Gasteiger partial charge in [0.2, 0.25) is 0 Å². The Hall–Kier alpha value is -3.89. The molecule has 0 aliphatic rings. The monoisotopic (exact) mass is 389 g/mol. The molecule has 0 atom stereocenters. The highest BCUT2D eigenvalue weighted by Gasteiger charge is 2.08. The van der Waals surface area contributed by atoms with Gasteiger partial charge in [0.25, 0.3) is 0 Å². The molecule has 0 unspecified atom stereocenters. The number of fused-ring (bicyclic) bond motifs is 1. The second kappa shape index (κ2) is 8.87. The van der Waals surface area contributed by atoms with E-state index in [2.05, 4.69) is 17.3 Å². The zero-order chi connectivity index (χ0) is 20.8. The fourth-order valence-corrected chi connectivity index (χ4v) is 2.80. The van der Waals surface area contributed by atoms with Gasteiger partial charge in [-0.2, -0.15) is 5.26 Å². The summed E-state index contributed by atoms with van der Waals surface area (Å²) in [5, 5.41) is 13.2. The predicted octanol–water partition coefficient (Wildman–Crippen LogP) is 3.25. The first-order valence-corrected chi connectivity index (χ1v) is 9.00. The quantitative estimate of drug-likeness (QED) is 0.265. The molecular weight excluding hydrogens is 366 g/mol. The summed E-state index contributed by atoms with van der Waals surface area (Å²) in [7, 11) is 0. The van der Waals surface area contributed by atoms with Gasteiger partial charge in [-0.15, -0.1) is 0 Å². The van der Waals surface area contributed by atoms with Gasteiger partial charge < -0.3 is 25.6 Å². The third kappa shape index (κ3) is 4.89. The third-order valence-electron chi connectivity index (χ3n) is 4.27. The molecule has 6 N–H and O–H groups in total. The van der Waals surface area contributed by atoms with Crippen LogP contribution in [-0.2, 0) is 13.2 Å². The third-order valence-corrected chi connectivity index (χ3v) is 4.27. The molecule has 1 aromatic heterocycles. The van der Waals surface area contributed by atoms with Crippen molar-refractivity contribution < 1.29 is 9.15 Å². The largest absolute Gasteiger partial charge is 0.489 e. The SMILES string of the molecule is C=C(C)NCc1cc2cc(COc3cccc(/C(N)=C(\C#N)NN)c3)ccc2o1. The molecule has 0 aliphatic carbocycles. The van der Waals surface area contributed by atoms with Crippen LogP contribution in [0.4, 0.5) is 0 Å². The lowest BCUT2D eigenvalue weighted by Crippen LogP contribution is -2.23. The Morgan fingerprint density at radius 3 is 2.79 bits per heavy atom. The molecule has 7 nitrogen and oxygen atoms in total. The molecule has 0 radical (unpaired) electrons. The minimum atomic E-state index is 0.101. The molecule has 0 spiro atoms. The fourth-order valence-electron chi connectivity index (χ4n) is 2.80. The van der Waals surface area contributed by atoms with Crippen molar-refractivity contribution in [3.8, 4) is 11.8 Å². The number of ether oxygens (including phenoxy) is 1. The second-order valence-corrected chi connectivity index (χ2v) is 6.58. The smallest absolute Gasteiger partial charge is 0.151 e. The molecular formula is C22H23N5O2. The molecule has 1 heterocycles. The van der Waals surface area contributed by atoms with E-state index in [0.717, 1.165) is 28.0 Å². The van der Waals surface area contributed by atoms with Gasteiger partial charge in [-0.05, 0) is 42.8 Å². The van der Waals surface area contributed by atoms with Crippen LogP contribution in [0.25, 0.3) is 16.7 Å². The van der Waals surface area contributed by atoms with Crippen LogP contribution in [0.1, 0.15) is 23.8 Å². The zero-order valence-corrected chi connectivity index (χ0v) is 16.2. The number of rotatable bonds is 8. The molecule has 0 aliphatic heterocycles. The normalized spacial score (nSPS) is 11.5. The molecule has 3 rings (SSSR count). The van der Waals surface area contributed by atoms with Crippen molar-refractivity contribution in [2.45, 2.75) is 20.1 Å². The Bertz CT molecular complexity index is 1110. The number of allylic oxidation sites excluding steroid dienone is 2. The topological polar surface area (TPSA) is 122 Å². The van der Waals surface area contributed by atoms with Gasteiger partial charge in [0.15, 0.2) is 5.70 Å². The van der Waals surface area contributed by atoms with Crippen LogP contribution in [0.2, 0.25) is 0 Å². The molecule has 7 heteroatoms. The van der Waals surface area contributed by atoms with Gasteiger partial charge >= 0.3 is 0 Å². The van der Waals surface area contributed by atoms with Crippen LogP contribution < -0.4 is 27.1 Å². The molecule has 0 amide bonds. The van der Waals surface area contributed by atoms with Gasteiger partial charge in [0, 0.05) is 16.6 Å². The first-order chi connectivity index (χ1) is 14.0. The lowest BCUT2D eigenvalue weighted by atomic mass is 10.1. The van der Waals surface area contributed by atoms with Crippen LogP contribution >= 0.6 is 0 Å². The number of nitrogens with zero attached hydrogens (tertiary/aromatic N) is 1. The Morgan fingerprint density at radius 2 is 2.07 bits per heavy atom. The molecule has 29 heavy (non-hydrogen) atoms. The highest BCUT2D eigenvalue weighted by Crippen LogP contribution is 2.23. The maximum atomic E-state index is 9.05. The van der Waals surface area contributed by atoms with Gasteiger partial charge in [-0.3, -0.25) is 0 Å². The van der Waals surface area contributed by atoms with Crippen LogP contribution in [0.15, 0.2) is 70.9 Å². The van der Waals surface area contributed by atoms with E-state index in [4.69, 9.17) is 26.0 Å². The summed E-state index contributed by atoms with van der Waals surface area (Å²) in [5.41, 5.74) is 12.0. The lowest BCUT2D eigenvalue weighted by molar-refractivity contribution is 0.306. The minimum Gasteiger partial charge on any atom is -0.489 e. The van der Waals surface area contributed by atoms with E-state index >= 15 is 0 Å². The number of hydrazine groups is 1. The number of nitriles is 1. The molecule has 0 saturated heterocycles. The molecule has 0 bridgehead atoms. The van der Waals surface area contributed by atoms with Crippen molar-refractivity contribution in [2.75, 3.05) is 0 Å². The predicted molar refractivity (Wildman–Crippen MR) is 113 cm³/mol. The van der Waals surface area contributed by atoms with E-state index in [1.807, 2.05) is 49.4 Å². The molecule has 0 fully saturated rings. The van der Waals surface area contributed by atoms with Crippen molar-refractivity contribution >= 4 is 16.7 Å². The number of nitrogens with one attached hydrogen (secondary N) is 2. The summed E-state index contributed by atoms with van der Waals surface area (Å²) >= 11 is 0. The van der Waals surface area contributed by atoms with Crippen LogP contribution in [0.3, 0.4) is 0 Å². The van der Waals surface area contributed by atoms with Gasteiger partial charge in [-0.25, -0.2) is 5.84 Å². The summed E-state index contributed by atoms with van der Waals surface area (Å²) in [6, 6.07) is 17.0. The van der Waals surface area contributed by atoms with E-state index in [-0.39, 0.29) is 11.4 Å². The first-order valence-electron chi connectivity index (χ1n) is 9.00. The zero-order valence-electron chi connectivity index (χ0n) is 16.2. The van der Waals surface area contributed by atoms with Crippen molar-refractivity contribution in [3.63, 3.8) is 0 Å². The molecule has 3 aromatic rings. The van der Waals surface area contributed by atoms with Crippen LogP contribution in [0, 0.1) is 11.3 Å². The number of nitrogens with two attached hydrogens (primary N) is 2. The van der Waals surface area contributed by atoms with Crippen LogP contribution in [0.5, 0.6) is 5.75 Å². The van der Waals surface area contributed by atoms with Gasteiger partial charge in [-0.1, -0.05) is 24.8 Å². The molecule has 0 saturated carbocycles. The minimum absolute atomic E-state index is 0.101. The summed E-state index contributed by atoms with van der Waals surface area (Å²) in [5.74, 6) is 6.80. The Balaban J connectivity index is 1.72. The van der Waals surface area contributed by atoms with Crippen molar-refractivity contribution in [3.05, 3.63) is 83.4 Å². The number of benzene rings is 2. The van der Waals surface area contributed by atoms with Gasteiger partial charge in [0.05, 0.1) is 12.2 Å². The average molecular weight is 389 g/mol. The molecule has 2 aromatic carbocycles. The Kier molecular flexibility index (Phi) is 6.07. The Morgan fingerprint density at radius 1 is 1.24 bits per heavy atom. The highest BCUT2D eigenvalue weighted by molar-refractivity contribution is 5.78. The van der Waals surface area contributed by atoms with E-state index in [9.17, 15) is 0 Å². The number of hydrogen-bond donors (Lipinski definition) is 4. The standard InChI is InChI=1S/C22H23N5O2/c1-14(2)26-12-19-10-17-8-15(6-7-21(17)29-19)13-28-18-5-3-4-16(9-18)22(24)20(11-23)27-25/h3-10,26-27H,1,12-13,24-25H2,2H3/b22-20-. The van der Waals surface area contributed by atoms with Crippen molar-refractivity contribution in [1.29, 1.82) is 5.26 Å². The summed E-state index contributed by atoms with van der Waals surface area (Å²) in [6.45, 7) is 6.71. The summed E-state index contributed by atoms with van der Waals surface area (Å²) in [4.78, 5) is 0. The van der Waals surface area contributed by atoms with Crippen molar-refractivity contribution in [1.82, 2.24) is 10.7 Å². The van der Waals surface area contributed by atoms with Crippen LogP contribution in [-0.4, -0.2) is 0 Å². The summed E-state index contributed by atoms with van der Waals surface area (Å²) in [6.07, 6.45) is 0. The molecule has 148 valence electrons. The lowest BCUT2D eigenvalue weighted by Gasteiger charge is -2.09. The highest BCUT2D eigenvalue weighted by atomic mass is 16.5. The van der Waals surface area contributed by atoms with Gasteiger partial charge in [0.1, 0.15) is 29.8 Å². The van der Waals surface area contributed by atoms with E-state index in [0.29, 0.717) is 24.5 Å². The van der Waals surface area contributed by atoms with E-state index in [1.54, 1.807) is 12.1 Å². The summed E-state index contributed by atoms with van der Waals surface area (Å²) < 4.78 is 11.7. The average Bonchev–Trinajstić information content (AvgIpc) is 3.14. The number of furan rings is 1. The maximum absolute atomic E-state index is 9.05. The second-order valence-electron chi connectivity index (χ2n) is 6.58. The first kappa shape index (κ1) is 19.9.